The molecule has 4 rings (SSSR count). The standard InChI is InChI=1S/C19H22N8OS/c1-10(2)27-13-7-15(22-8-12(13)24-16(27)9-28)25-14-5-6-21-18(26-14)17-11(3)23-19(20-4)29-17/h5-8,10,28H,9H2,1-4H3,(H,20,23)(H,21,22,25,26). The first kappa shape index (κ1) is 19.2. The van der Waals surface area contributed by atoms with Gasteiger partial charge in [-0.3, -0.25) is 0 Å². The van der Waals surface area contributed by atoms with Gasteiger partial charge < -0.3 is 20.3 Å². The van der Waals surface area contributed by atoms with Crippen LogP contribution >= 0.6 is 11.3 Å². The van der Waals surface area contributed by atoms with Gasteiger partial charge in [-0.2, -0.15) is 0 Å². The van der Waals surface area contributed by atoms with Crippen LogP contribution in [-0.4, -0.2) is 41.6 Å². The average molecular weight is 411 g/mol. The number of hydrogen-bond donors (Lipinski definition) is 3. The fourth-order valence-corrected chi connectivity index (χ4v) is 4.05. The number of nitrogens with one attached hydrogen (secondary N) is 2. The van der Waals surface area contributed by atoms with E-state index in [4.69, 9.17) is 0 Å². The van der Waals surface area contributed by atoms with Gasteiger partial charge in [0.15, 0.2) is 11.0 Å². The Hall–Kier alpha value is -3.11. The van der Waals surface area contributed by atoms with Crippen molar-refractivity contribution in [1.29, 1.82) is 0 Å². The predicted octanol–water partition coefficient (Wildman–Crippen LogP) is 3.51. The molecule has 0 fully saturated rings. The minimum Gasteiger partial charge on any atom is -0.388 e. The fraction of sp³-hybridized carbons (Fsp3) is 0.316. The third-order valence-electron chi connectivity index (χ3n) is 4.43. The average Bonchev–Trinajstić information content (AvgIpc) is 3.27. The Balaban J connectivity index is 1.68. The molecule has 0 aliphatic rings. The van der Waals surface area contributed by atoms with E-state index in [0.717, 1.165) is 26.7 Å². The summed E-state index contributed by atoms with van der Waals surface area (Å²) in [6.45, 7) is 5.94. The molecule has 29 heavy (non-hydrogen) atoms. The molecule has 0 unspecified atom stereocenters. The molecular formula is C19H22N8OS. The molecule has 150 valence electrons. The van der Waals surface area contributed by atoms with Crippen molar-refractivity contribution in [2.75, 3.05) is 17.7 Å². The van der Waals surface area contributed by atoms with Gasteiger partial charge in [0.05, 0.1) is 22.3 Å². The van der Waals surface area contributed by atoms with Gasteiger partial charge in [-0.1, -0.05) is 11.3 Å². The molecule has 3 N–H and O–H groups in total. The van der Waals surface area contributed by atoms with Crippen molar-refractivity contribution in [2.24, 2.45) is 0 Å². The van der Waals surface area contributed by atoms with Gasteiger partial charge in [0, 0.05) is 25.4 Å². The number of aromatic nitrogens is 6. The zero-order valence-electron chi connectivity index (χ0n) is 16.6. The Morgan fingerprint density at radius 1 is 1.17 bits per heavy atom. The van der Waals surface area contributed by atoms with Crippen LogP contribution in [0.15, 0.2) is 24.5 Å². The summed E-state index contributed by atoms with van der Waals surface area (Å²) in [6.07, 6.45) is 3.41. The van der Waals surface area contributed by atoms with Crippen molar-refractivity contribution in [3.05, 3.63) is 36.0 Å². The first-order valence-electron chi connectivity index (χ1n) is 9.23. The number of aliphatic hydroxyl groups is 1. The lowest BCUT2D eigenvalue weighted by Gasteiger charge is -2.12. The van der Waals surface area contributed by atoms with Crippen LogP contribution in [0.3, 0.4) is 0 Å². The van der Waals surface area contributed by atoms with E-state index >= 15 is 0 Å². The van der Waals surface area contributed by atoms with E-state index in [2.05, 4.69) is 49.4 Å². The Morgan fingerprint density at radius 3 is 2.69 bits per heavy atom. The monoisotopic (exact) mass is 410 g/mol. The molecule has 0 bridgehead atoms. The van der Waals surface area contributed by atoms with E-state index in [0.29, 0.717) is 23.3 Å². The van der Waals surface area contributed by atoms with Crippen LogP contribution in [0.2, 0.25) is 0 Å². The quantitative estimate of drug-likeness (QED) is 0.442. The Bertz CT molecular complexity index is 1170. The SMILES string of the molecule is CNc1nc(C)c(-c2nccc(Nc3cc4c(cn3)nc(CO)n4C(C)C)n2)s1. The van der Waals surface area contributed by atoms with Crippen molar-refractivity contribution in [3.8, 4) is 10.7 Å². The van der Waals surface area contributed by atoms with Gasteiger partial charge in [-0.05, 0) is 26.8 Å². The smallest absolute Gasteiger partial charge is 0.183 e. The molecule has 0 aliphatic carbocycles. The number of nitrogens with zero attached hydrogens (tertiary/aromatic N) is 6. The van der Waals surface area contributed by atoms with Crippen molar-refractivity contribution >= 4 is 39.1 Å². The van der Waals surface area contributed by atoms with Crippen LogP contribution in [0, 0.1) is 6.92 Å². The minimum absolute atomic E-state index is 0.117. The maximum Gasteiger partial charge on any atom is 0.183 e. The lowest BCUT2D eigenvalue weighted by atomic mass is 10.3. The van der Waals surface area contributed by atoms with E-state index in [-0.39, 0.29) is 12.6 Å². The highest BCUT2D eigenvalue weighted by atomic mass is 32.1. The van der Waals surface area contributed by atoms with Crippen LogP contribution in [0.5, 0.6) is 0 Å². The molecule has 0 aliphatic heterocycles. The summed E-state index contributed by atoms with van der Waals surface area (Å²) in [5, 5.41) is 16.7. The van der Waals surface area contributed by atoms with Gasteiger partial charge in [-0.15, -0.1) is 0 Å². The van der Waals surface area contributed by atoms with E-state index < -0.39 is 0 Å². The highest BCUT2D eigenvalue weighted by Crippen LogP contribution is 2.31. The fourth-order valence-electron chi connectivity index (χ4n) is 3.18. The molecule has 0 atom stereocenters. The third kappa shape index (κ3) is 3.64. The second-order valence-corrected chi connectivity index (χ2v) is 7.78. The maximum absolute atomic E-state index is 9.61. The van der Waals surface area contributed by atoms with Crippen LogP contribution < -0.4 is 10.6 Å². The molecule has 10 heteroatoms. The molecule has 4 heterocycles. The number of hydrogen-bond acceptors (Lipinski definition) is 9. The molecule has 0 amide bonds. The van der Waals surface area contributed by atoms with Crippen molar-refractivity contribution in [3.63, 3.8) is 0 Å². The summed E-state index contributed by atoms with van der Waals surface area (Å²) in [7, 11) is 1.84. The second-order valence-electron chi connectivity index (χ2n) is 6.78. The largest absolute Gasteiger partial charge is 0.388 e. The lowest BCUT2D eigenvalue weighted by molar-refractivity contribution is 0.263. The normalized spacial score (nSPS) is 11.4. The minimum atomic E-state index is -0.117. The highest BCUT2D eigenvalue weighted by Gasteiger charge is 2.15. The zero-order chi connectivity index (χ0) is 20.5. The first-order valence-corrected chi connectivity index (χ1v) is 10.0. The number of anilines is 3. The molecule has 4 aromatic heterocycles. The molecule has 0 saturated heterocycles. The Kier molecular flexibility index (Phi) is 5.12. The van der Waals surface area contributed by atoms with Crippen LogP contribution in [0.25, 0.3) is 21.7 Å². The van der Waals surface area contributed by atoms with Gasteiger partial charge in [-0.25, -0.2) is 24.9 Å². The van der Waals surface area contributed by atoms with Crippen molar-refractivity contribution in [2.45, 2.75) is 33.4 Å². The van der Waals surface area contributed by atoms with Gasteiger partial charge in [0.1, 0.15) is 29.6 Å². The summed E-state index contributed by atoms with van der Waals surface area (Å²) < 4.78 is 2.01. The summed E-state index contributed by atoms with van der Waals surface area (Å²) in [6, 6.07) is 3.88. The summed E-state index contributed by atoms with van der Waals surface area (Å²) >= 11 is 1.51. The summed E-state index contributed by atoms with van der Waals surface area (Å²) in [5.41, 5.74) is 2.54. The van der Waals surface area contributed by atoms with Crippen LogP contribution in [-0.2, 0) is 6.61 Å². The van der Waals surface area contributed by atoms with E-state index in [1.54, 1.807) is 18.5 Å². The highest BCUT2D eigenvalue weighted by molar-refractivity contribution is 7.19. The van der Waals surface area contributed by atoms with Gasteiger partial charge in [0.25, 0.3) is 0 Å². The number of aliphatic hydroxyl groups excluding tert-OH is 1. The predicted molar refractivity (Wildman–Crippen MR) is 115 cm³/mol. The molecule has 4 aromatic rings. The van der Waals surface area contributed by atoms with Crippen molar-refractivity contribution < 1.29 is 5.11 Å². The van der Waals surface area contributed by atoms with Gasteiger partial charge in [0.2, 0.25) is 0 Å². The summed E-state index contributed by atoms with van der Waals surface area (Å²) in [5.74, 6) is 2.52. The molecule has 0 radical (unpaired) electrons. The zero-order valence-corrected chi connectivity index (χ0v) is 17.4. The van der Waals surface area contributed by atoms with E-state index in [1.165, 1.54) is 11.3 Å². The number of pyridine rings is 1. The lowest BCUT2D eigenvalue weighted by Crippen LogP contribution is -2.06. The topological polar surface area (TPSA) is 114 Å². The molecule has 0 spiro atoms. The molecular weight excluding hydrogens is 388 g/mol. The Labute approximate surface area is 171 Å². The second kappa shape index (κ2) is 7.72. The first-order chi connectivity index (χ1) is 14.0. The van der Waals surface area contributed by atoms with Crippen LogP contribution in [0.4, 0.5) is 16.8 Å². The van der Waals surface area contributed by atoms with Crippen LogP contribution in [0.1, 0.15) is 31.4 Å². The Morgan fingerprint density at radius 2 is 2.00 bits per heavy atom. The number of rotatable bonds is 6. The molecule has 0 saturated carbocycles. The number of fused-ring (bicyclic) bond motifs is 1. The number of aryl methyl sites for hydroxylation is 1. The van der Waals surface area contributed by atoms with Crippen molar-refractivity contribution in [1.82, 2.24) is 29.5 Å². The number of imidazole rings is 1. The maximum atomic E-state index is 9.61. The van der Waals surface area contributed by atoms with Gasteiger partial charge >= 0.3 is 0 Å². The summed E-state index contributed by atoms with van der Waals surface area (Å²) in [4.78, 5) is 23.3. The van der Waals surface area contributed by atoms with E-state index in [1.807, 2.05) is 24.6 Å². The van der Waals surface area contributed by atoms with E-state index in [9.17, 15) is 5.11 Å². The molecule has 0 aromatic carbocycles. The number of thiazole rings is 1. The molecule has 9 nitrogen and oxygen atoms in total. The third-order valence-corrected chi connectivity index (χ3v) is 5.60.